The topological polar surface area (TPSA) is 66.6 Å². The molecular formula is C13H25N3O2. The van der Waals surface area contributed by atoms with Gasteiger partial charge in [0.25, 0.3) is 0 Å². The molecule has 0 radical (unpaired) electrons. The minimum absolute atomic E-state index is 0.0164. The van der Waals surface area contributed by atoms with Crippen LogP contribution in [0.15, 0.2) is 0 Å². The lowest BCUT2D eigenvalue weighted by atomic mass is 9.93. The van der Waals surface area contributed by atoms with Crippen molar-refractivity contribution in [3.8, 4) is 0 Å². The Bertz CT molecular complexity index is 328. The van der Waals surface area contributed by atoms with Crippen molar-refractivity contribution in [1.82, 2.24) is 9.80 Å². The Balaban J connectivity index is 2.66. The van der Waals surface area contributed by atoms with Gasteiger partial charge < -0.3 is 15.5 Å². The smallest absolute Gasteiger partial charge is 0.245 e. The first-order valence-electron chi connectivity index (χ1n) is 6.51. The van der Waals surface area contributed by atoms with Gasteiger partial charge in [-0.05, 0) is 24.8 Å². The van der Waals surface area contributed by atoms with E-state index in [9.17, 15) is 9.59 Å². The third kappa shape index (κ3) is 3.45. The third-order valence-corrected chi connectivity index (χ3v) is 3.54. The number of carbonyl (C=O) groups excluding carboxylic acids is 2. The fourth-order valence-corrected chi connectivity index (χ4v) is 2.44. The Morgan fingerprint density at radius 1 is 1.44 bits per heavy atom. The van der Waals surface area contributed by atoms with Gasteiger partial charge in [-0.2, -0.15) is 0 Å². The van der Waals surface area contributed by atoms with Gasteiger partial charge >= 0.3 is 0 Å². The lowest BCUT2D eigenvalue weighted by Gasteiger charge is -2.32. The van der Waals surface area contributed by atoms with Gasteiger partial charge in [-0.15, -0.1) is 0 Å². The van der Waals surface area contributed by atoms with E-state index in [4.69, 9.17) is 5.73 Å². The van der Waals surface area contributed by atoms with Gasteiger partial charge in [0.05, 0.1) is 0 Å². The van der Waals surface area contributed by atoms with Crippen molar-refractivity contribution in [2.75, 3.05) is 26.7 Å². The van der Waals surface area contributed by atoms with E-state index in [0.717, 1.165) is 12.8 Å². The van der Waals surface area contributed by atoms with Gasteiger partial charge in [-0.1, -0.05) is 13.8 Å². The van der Waals surface area contributed by atoms with E-state index in [1.807, 2.05) is 13.8 Å². The van der Waals surface area contributed by atoms with Crippen molar-refractivity contribution in [3.05, 3.63) is 0 Å². The molecule has 0 aliphatic carbocycles. The Hall–Kier alpha value is -1.10. The van der Waals surface area contributed by atoms with Crippen LogP contribution in [0.25, 0.3) is 0 Å². The van der Waals surface area contributed by atoms with Crippen molar-refractivity contribution < 1.29 is 9.59 Å². The van der Waals surface area contributed by atoms with Crippen molar-refractivity contribution in [2.45, 2.75) is 39.7 Å². The molecule has 1 rings (SSSR count). The highest BCUT2D eigenvalue weighted by Crippen LogP contribution is 2.21. The summed E-state index contributed by atoms with van der Waals surface area (Å²) in [4.78, 5) is 27.2. The number of hydrogen-bond acceptors (Lipinski definition) is 3. The summed E-state index contributed by atoms with van der Waals surface area (Å²) in [5, 5.41) is 0. The van der Waals surface area contributed by atoms with Crippen LogP contribution in [0.2, 0.25) is 0 Å². The van der Waals surface area contributed by atoms with Gasteiger partial charge in [-0.25, -0.2) is 0 Å². The molecule has 0 aromatic heterocycles. The molecule has 1 fully saturated rings. The minimum atomic E-state index is -0.277. The molecule has 5 heteroatoms. The lowest BCUT2D eigenvalue weighted by molar-refractivity contribution is -0.142. The zero-order valence-electron chi connectivity index (χ0n) is 11.9. The molecule has 0 aromatic carbocycles. The highest BCUT2D eigenvalue weighted by atomic mass is 16.2. The van der Waals surface area contributed by atoms with Crippen LogP contribution in [0.5, 0.6) is 0 Å². The fourth-order valence-electron chi connectivity index (χ4n) is 2.44. The minimum Gasteiger partial charge on any atom is -0.343 e. The maximum absolute atomic E-state index is 12.3. The van der Waals surface area contributed by atoms with Crippen LogP contribution in [-0.2, 0) is 9.59 Å². The predicted octanol–water partition coefficient (Wildman–Crippen LogP) is 0.441. The first-order chi connectivity index (χ1) is 8.28. The normalized spacial score (nSPS) is 20.1. The molecule has 1 atom stereocenters. The molecular weight excluding hydrogens is 230 g/mol. The standard InChI is InChI=1S/C13H25N3O2/c1-10(17)16-7-5-6-11(16)12(18)15(4)9-13(2,3)8-14/h11H,5-9,14H2,1-4H3. The van der Waals surface area contributed by atoms with Crippen LogP contribution in [-0.4, -0.2) is 54.3 Å². The molecule has 0 aromatic rings. The molecule has 1 aliphatic heterocycles. The lowest BCUT2D eigenvalue weighted by Crippen LogP contribution is -2.49. The summed E-state index contributed by atoms with van der Waals surface area (Å²) < 4.78 is 0. The van der Waals surface area contributed by atoms with E-state index < -0.39 is 0 Å². The van der Waals surface area contributed by atoms with Crippen LogP contribution >= 0.6 is 0 Å². The average Bonchev–Trinajstić information content (AvgIpc) is 2.76. The van der Waals surface area contributed by atoms with Crippen LogP contribution in [0.1, 0.15) is 33.6 Å². The van der Waals surface area contributed by atoms with Gasteiger partial charge in [0.15, 0.2) is 0 Å². The zero-order valence-corrected chi connectivity index (χ0v) is 11.9. The van der Waals surface area contributed by atoms with Crippen LogP contribution in [0.3, 0.4) is 0 Å². The Morgan fingerprint density at radius 3 is 2.56 bits per heavy atom. The Labute approximate surface area is 109 Å². The Kier molecular flexibility index (Phi) is 4.73. The fraction of sp³-hybridized carbons (Fsp3) is 0.846. The van der Waals surface area contributed by atoms with Gasteiger partial charge in [0, 0.05) is 27.1 Å². The molecule has 0 saturated carbocycles. The van der Waals surface area contributed by atoms with Crippen molar-refractivity contribution in [3.63, 3.8) is 0 Å². The van der Waals surface area contributed by atoms with E-state index in [2.05, 4.69) is 0 Å². The predicted molar refractivity (Wildman–Crippen MR) is 70.9 cm³/mol. The number of nitrogens with two attached hydrogens (primary N) is 1. The number of amides is 2. The average molecular weight is 255 g/mol. The number of hydrogen-bond donors (Lipinski definition) is 1. The summed E-state index contributed by atoms with van der Waals surface area (Å²) in [7, 11) is 1.79. The monoisotopic (exact) mass is 255 g/mol. The van der Waals surface area contributed by atoms with Crippen LogP contribution < -0.4 is 5.73 Å². The summed E-state index contributed by atoms with van der Waals surface area (Å²) in [5.41, 5.74) is 5.59. The maximum Gasteiger partial charge on any atom is 0.245 e. The van der Waals surface area contributed by atoms with Crippen LogP contribution in [0.4, 0.5) is 0 Å². The number of carbonyl (C=O) groups is 2. The molecule has 5 nitrogen and oxygen atoms in total. The SMILES string of the molecule is CC(=O)N1CCCC1C(=O)N(C)CC(C)(C)CN. The summed E-state index contributed by atoms with van der Waals surface area (Å²) in [6, 6.07) is -0.277. The second kappa shape index (κ2) is 5.69. The highest BCUT2D eigenvalue weighted by molar-refractivity contribution is 5.87. The quantitative estimate of drug-likeness (QED) is 0.792. The second-order valence-corrected chi connectivity index (χ2v) is 5.93. The molecule has 2 N–H and O–H groups in total. The van der Waals surface area contributed by atoms with Crippen molar-refractivity contribution in [2.24, 2.45) is 11.1 Å². The van der Waals surface area contributed by atoms with Crippen molar-refractivity contribution >= 4 is 11.8 Å². The Morgan fingerprint density at radius 2 is 2.06 bits per heavy atom. The molecule has 104 valence electrons. The van der Waals surface area contributed by atoms with Crippen molar-refractivity contribution in [1.29, 1.82) is 0 Å². The maximum atomic E-state index is 12.3. The summed E-state index contributed by atoms with van der Waals surface area (Å²) in [6.45, 7) is 7.44. The van der Waals surface area contributed by atoms with E-state index in [0.29, 0.717) is 19.6 Å². The number of rotatable bonds is 4. The first-order valence-corrected chi connectivity index (χ1v) is 6.51. The second-order valence-electron chi connectivity index (χ2n) is 5.93. The highest BCUT2D eigenvalue weighted by Gasteiger charge is 2.35. The van der Waals surface area contributed by atoms with Gasteiger partial charge in [0.2, 0.25) is 11.8 Å². The summed E-state index contributed by atoms with van der Waals surface area (Å²) in [5.74, 6) is 0.0153. The third-order valence-electron chi connectivity index (χ3n) is 3.54. The van der Waals surface area contributed by atoms with E-state index >= 15 is 0 Å². The summed E-state index contributed by atoms with van der Waals surface area (Å²) in [6.07, 6.45) is 1.68. The number of likely N-dealkylation sites (N-methyl/N-ethyl adjacent to an activating group) is 1. The van der Waals surface area contributed by atoms with E-state index in [1.54, 1.807) is 16.8 Å². The molecule has 1 aliphatic rings. The largest absolute Gasteiger partial charge is 0.343 e. The molecule has 1 heterocycles. The summed E-state index contributed by atoms with van der Waals surface area (Å²) >= 11 is 0. The zero-order chi connectivity index (χ0) is 13.9. The first kappa shape index (κ1) is 15.0. The van der Waals surface area contributed by atoms with E-state index in [-0.39, 0.29) is 23.3 Å². The molecule has 0 bridgehead atoms. The molecule has 1 saturated heterocycles. The molecule has 0 spiro atoms. The molecule has 18 heavy (non-hydrogen) atoms. The van der Waals surface area contributed by atoms with Gasteiger partial charge in [0.1, 0.15) is 6.04 Å². The number of nitrogens with zero attached hydrogens (tertiary/aromatic N) is 2. The van der Waals surface area contributed by atoms with Gasteiger partial charge in [-0.3, -0.25) is 9.59 Å². The van der Waals surface area contributed by atoms with Crippen LogP contribution in [0, 0.1) is 5.41 Å². The number of likely N-dealkylation sites (tertiary alicyclic amines) is 1. The molecule has 2 amide bonds. The molecule has 1 unspecified atom stereocenters. The van der Waals surface area contributed by atoms with E-state index in [1.165, 1.54) is 6.92 Å².